The smallest absolute Gasteiger partial charge is 0.264 e. The first-order valence-corrected chi connectivity index (χ1v) is 15.1. The van der Waals surface area contributed by atoms with Crippen molar-refractivity contribution in [3.05, 3.63) is 118 Å². The second-order valence-corrected chi connectivity index (χ2v) is 11.8. The van der Waals surface area contributed by atoms with Crippen molar-refractivity contribution in [3.8, 4) is 11.5 Å². The Balaban J connectivity index is 1.48. The van der Waals surface area contributed by atoms with E-state index in [4.69, 9.17) is 21.1 Å². The summed E-state index contributed by atoms with van der Waals surface area (Å²) in [6, 6.07) is 26.1. The first-order chi connectivity index (χ1) is 20.2. The molecule has 0 saturated heterocycles. The first-order valence-electron chi connectivity index (χ1n) is 13.3. The number of benzene rings is 4. The van der Waals surface area contributed by atoms with Crippen molar-refractivity contribution in [2.45, 2.75) is 32.3 Å². The summed E-state index contributed by atoms with van der Waals surface area (Å²) in [6.07, 6.45) is 1.45. The van der Waals surface area contributed by atoms with E-state index in [1.807, 2.05) is 45.0 Å². The summed E-state index contributed by atoms with van der Waals surface area (Å²) in [5, 5.41) is 4.68. The minimum atomic E-state index is -4.02. The number of hydrazone groups is 1. The number of carbonyl (C=O) groups excluding carboxylic acids is 1. The molecular formula is C32H32ClN3O5S. The largest absolute Gasteiger partial charge is 0.490 e. The van der Waals surface area contributed by atoms with Crippen LogP contribution in [0.25, 0.3) is 0 Å². The molecule has 4 aromatic carbocycles. The number of nitrogens with zero attached hydrogens (tertiary/aromatic N) is 2. The van der Waals surface area contributed by atoms with E-state index in [1.165, 1.54) is 18.3 Å². The van der Waals surface area contributed by atoms with Gasteiger partial charge in [-0.3, -0.25) is 9.10 Å². The first kappa shape index (κ1) is 30.6. The molecule has 42 heavy (non-hydrogen) atoms. The maximum Gasteiger partial charge on any atom is 0.264 e. The summed E-state index contributed by atoms with van der Waals surface area (Å²) in [5.74, 6) is 0.467. The van der Waals surface area contributed by atoms with Gasteiger partial charge < -0.3 is 9.47 Å². The quantitative estimate of drug-likeness (QED) is 0.151. The number of hydrogen-bond donors (Lipinski definition) is 1. The lowest BCUT2D eigenvalue weighted by atomic mass is 10.1. The normalized spacial score (nSPS) is 11.3. The van der Waals surface area contributed by atoms with Crippen LogP contribution in [0.15, 0.2) is 101 Å². The van der Waals surface area contributed by atoms with Crippen LogP contribution < -0.4 is 19.2 Å². The number of nitrogens with one attached hydrogen (secondary N) is 1. The van der Waals surface area contributed by atoms with Crippen LogP contribution in [0.3, 0.4) is 0 Å². The average molecular weight is 606 g/mol. The molecule has 0 heterocycles. The molecule has 0 aliphatic rings. The molecule has 4 rings (SSSR count). The number of carbonyl (C=O) groups is 1. The molecule has 0 atom stereocenters. The van der Waals surface area contributed by atoms with E-state index in [9.17, 15) is 13.2 Å². The number of hydrogen-bond acceptors (Lipinski definition) is 6. The van der Waals surface area contributed by atoms with Gasteiger partial charge >= 0.3 is 0 Å². The fourth-order valence-corrected chi connectivity index (χ4v) is 5.89. The van der Waals surface area contributed by atoms with Gasteiger partial charge in [-0.25, -0.2) is 13.8 Å². The fourth-order valence-electron chi connectivity index (χ4n) is 4.25. The second-order valence-electron chi connectivity index (χ2n) is 9.52. The Morgan fingerprint density at radius 2 is 1.64 bits per heavy atom. The van der Waals surface area contributed by atoms with Crippen molar-refractivity contribution in [1.29, 1.82) is 0 Å². The predicted octanol–water partition coefficient (Wildman–Crippen LogP) is 6.28. The molecule has 0 fully saturated rings. The zero-order chi connectivity index (χ0) is 30.1. The molecule has 0 unspecified atom stereocenters. The van der Waals surface area contributed by atoms with Crippen LogP contribution in [-0.4, -0.2) is 33.7 Å². The Bertz CT molecular complexity index is 1660. The van der Waals surface area contributed by atoms with E-state index in [1.54, 1.807) is 54.6 Å². The Morgan fingerprint density at radius 3 is 2.33 bits per heavy atom. The van der Waals surface area contributed by atoms with Crippen molar-refractivity contribution in [1.82, 2.24) is 5.43 Å². The van der Waals surface area contributed by atoms with E-state index >= 15 is 0 Å². The highest BCUT2D eigenvalue weighted by molar-refractivity contribution is 7.92. The Labute approximate surface area is 251 Å². The van der Waals surface area contributed by atoms with Crippen LogP contribution in [0, 0.1) is 13.8 Å². The van der Waals surface area contributed by atoms with Gasteiger partial charge in [-0.05, 0) is 97.6 Å². The fraction of sp³-hybridized carbons (Fsp3) is 0.188. The number of halogens is 1. The van der Waals surface area contributed by atoms with Crippen molar-refractivity contribution in [3.63, 3.8) is 0 Å². The molecule has 1 amide bonds. The van der Waals surface area contributed by atoms with E-state index < -0.39 is 22.5 Å². The van der Waals surface area contributed by atoms with E-state index in [0.29, 0.717) is 41.0 Å². The molecule has 1 N–H and O–H groups in total. The highest BCUT2D eigenvalue weighted by Gasteiger charge is 2.27. The lowest BCUT2D eigenvalue weighted by Gasteiger charge is -2.24. The van der Waals surface area contributed by atoms with Crippen molar-refractivity contribution < 1.29 is 22.7 Å². The lowest BCUT2D eigenvalue weighted by Crippen LogP contribution is -2.39. The molecule has 8 nitrogen and oxygen atoms in total. The third-order valence-electron chi connectivity index (χ3n) is 6.07. The highest BCUT2D eigenvalue weighted by atomic mass is 35.5. The van der Waals surface area contributed by atoms with Gasteiger partial charge in [0.2, 0.25) is 0 Å². The molecule has 0 aliphatic carbocycles. The van der Waals surface area contributed by atoms with Gasteiger partial charge in [0.05, 0.1) is 23.4 Å². The predicted molar refractivity (Wildman–Crippen MR) is 166 cm³/mol. The monoisotopic (exact) mass is 605 g/mol. The topological polar surface area (TPSA) is 97.3 Å². The van der Waals surface area contributed by atoms with Crippen LogP contribution in [0.1, 0.15) is 29.2 Å². The van der Waals surface area contributed by atoms with Gasteiger partial charge in [-0.1, -0.05) is 48.0 Å². The third kappa shape index (κ3) is 8.11. The van der Waals surface area contributed by atoms with Crippen LogP contribution in [-0.2, 0) is 21.4 Å². The van der Waals surface area contributed by atoms with Gasteiger partial charge in [-0.2, -0.15) is 5.10 Å². The number of aryl methyl sites for hydroxylation is 2. The van der Waals surface area contributed by atoms with Gasteiger partial charge in [0, 0.05) is 5.02 Å². The van der Waals surface area contributed by atoms with E-state index in [2.05, 4.69) is 10.5 Å². The lowest BCUT2D eigenvalue weighted by molar-refractivity contribution is -0.119. The third-order valence-corrected chi connectivity index (χ3v) is 8.09. The van der Waals surface area contributed by atoms with Gasteiger partial charge in [0.15, 0.2) is 11.5 Å². The molecule has 0 aliphatic heterocycles. The molecule has 0 saturated carbocycles. The molecule has 0 spiro atoms. The minimum absolute atomic E-state index is 0.0848. The number of sulfonamides is 1. The number of anilines is 1. The summed E-state index contributed by atoms with van der Waals surface area (Å²) < 4.78 is 39.9. The number of rotatable bonds is 12. The summed E-state index contributed by atoms with van der Waals surface area (Å²) in [6.45, 7) is 5.89. The summed E-state index contributed by atoms with van der Waals surface area (Å²) in [5.41, 5.74) is 6.16. The Kier molecular flexibility index (Phi) is 10.2. The molecular weight excluding hydrogens is 574 g/mol. The standard InChI is InChI=1S/C32H32ClN3O5S/c1-4-40-31-19-25(13-14-30(31)41-22-26-9-8-10-27(33)18-26)20-34-35-32(37)21-36(28-16-23(2)15-24(3)17-28)42(38,39)29-11-6-5-7-12-29/h5-20H,4,21-22H2,1-3H3,(H,35,37)/b34-20-. The van der Waals surface area contributed by atoms with E-state index in [0.717, 1.165) is 21.0 Å². The summed E-state index contributed by atoms with van der Waals surface area (Å²) in [7, 11) is -4.02. The maximum atomic E-state index is 13.6. The van der Waals surface area contributed by atoms with Gasteiger partial charge in [0.1, 0.15) is 13.2 Å². The second kappa shape index (κ2) is 14.0. The molecule has 0 bridgehead atoms. The summed E-state index contributed by atoms with van der Waals surface area (Å²) >= 11 is 6.06. The Morgan fingerprint density at radius 1 is 0.905 bits per heavy atom. The molecule has 10 heteroatoms. The molecule has 0 aromatic heterocycles. The van der Waals surface area contributed by atoms with Crippen molar-refractivity contribution in [2.24, 2.45) is 5.10 Å². The average Bonchev–Trinajstić information content (AvgIpc) is 2.95. The molecule has 218 valence electrons. The zero-order valence-electron chi connectivity index (χ0n) is 23.6. The maximum absolute atomic E-state index is 13.6. The summed E-state index contributed by atoms with van der Waals surface area (Å²) in [4.78, 5) is 13.0. The van der Waals surface area contributed by atoms with Crippen molar-refractivity contribution in [2.75, 3.05) is 17.5 Å². The van der Waals surface area contributed by atoms with Gasteiger partial charge in [-0.15, -0.1) is 0 Å². The van der Waals surface area contributed by atoms with Crippen LogP contribution in [0.5, 0.6) is 11.5 Å². The number of amides is 1. The minimum Gasteiger partial charge on any atom is -0.490 e. The highest BCUT2D eigenvalue weighted by Crippen LogP contribution is 2.29. The van der Waals surface area contributed by atoms with Crippen LogP contribution in [0.4, 0.5) is 5.69 Å². The molecule has 0 radical (unpaired) electrons. The SMILES string of the molecule is CCOc1cc(/C=N\NC(=O)CN(c2cc(C)cc(C)c2)S(=O)(=O)c2ccccc2)ccc1OCc1cccc(Cl)c1. The molecule has 4 aromatic rings. The number of ether oxygens (including phenoxy) is 2. The Hall–Kier alpha value is -4.34. The van der Waals surface area contributed by atoms with Crippen LogP contribution in [0.2, 0.25) is 5.02 Å². The van der Waals surface area contributed by atoms with Crippen molar-refractivity contribution >= 4 is 39.4 Å². The zero-order valence-corrected chi connectivity index (χ0v) is 25.2. The van der Waals surface area contributed by atoms with Gasteiger partial charge in [0.25, 0.3) is 15.9 Å². The van der Waals surface area contributed by atoms with Crippen LogP contribution >= 0.6 is 11.6 Å². The van der Waals surface area contributed by atoms with E-state index in [-0.39, 0.29) is 4.90 Å².